The number of rotatable bonds is 9. The minimum Gasteiger partial charge on any atom is -0.356 e. The lowest BCUT2D eigenvalue weighted by Crippen LogP contribution is -2.46. The first kappa shape index (κ1) is 21.8. The molecule has 3 rings (SSSR count). The Kier molecular flexibility index (Phi) is 6.39. The van der Waals surface area contributed by atoms with Crippen molar-refractivity contribution in [1.29, 1.82) is 0 Å². The van der Waals surface area contributed by atoms with Crippen LogP contribution in [0.5, 0.6) is 0 Å². The Morgan fingerprint density at radius 1 is 1.28 bits per heavy atom. The van der Waals surface area contributed by atoms with E-state index in [1.54, 1.807) is 11.8 Å². The first-order valence-electron chi connectivity index (χ1n) is 9.34. The van der Waals surface area contributed by atoms with Gasteiger partial charge in [-0.2, -0.15) is 25.5 Å². The summed E-state index contributed by atoms with van der Waals surface area (Å²) in [7, 11) is -4.84. The van der Waals surface area contributed by atoms with E-state index in [4.69, 9.17) is 0 Å². The van der Waals surface area contributed by atoms with Gasteiger partial charge in [0.1, 0.15) is 0 Å². The molecule has 0 spiro atoms. The van der Waals surface area contributed by atoms with E-state index in [9.17, 15) is 32.1 Å². The molecule has 0 bridgehead atoms. The topological polar surface area (TPSA) is 173 Å². The Morgan fingerprint density at radius 3 is 2.69 bits per heavy atom. The van der Waals surface area contributed by atoms with E-state index in [-0.39, 0.29) is 37.0 Å². The highest BCUT2D eigenvalue weighted by Gasteiger charge is 2.57. The molecule has 13 heteroatoms. The van der Waals surface area contributed by atoms with E-state index in [0.29, 0.717) is 11.7 Å². The molecule has 4 N–H and O–H groups in total. The van der Waals surface area contributed by atoms with E-state index in [1.165, 1.54) is 0 Å². The van der Waals surface area contributed by atoms with Crippen molar-refractivity contribution in [2.75, 3.05) is 12.3 Å². The second-order valence-corrected chi connectivity index (χ2v) is 10.4. The zero-order valence-electron chi connectivity index (χ0n) is 15.5. The molecule has 3 aliphatic heterocycles. The molecule has 0 aromatic carbocycles. The van der Waals surface area contributed by atoms with Crippen molar-refractivity contribution in [3.05, 3.63) is 0 Å². The largest absolute Gasteiger partial charge is 0.356 e. The Hall–Kier alpha value is -1.86. The Morgan fingerprint density at radius 2 is 2.03 bits per heavy atom. The third-order valence-electron chi connectivity index (χ3n) is 5.48. The van der Waals surface area contributed by atoms with Crippen LogP contribution in [0.1, 0.15) is 38.5 Å². The van der Waals surface area contributed by atoms with Gasteiger partial charge in [0.25, 0.3) is 21.9 Å². The van der Waals surface area contributed by atoms with Crippen LogP contribution in [0.15, 0.2) is 0 Å². The molecule has 1 unspecified atom stereocenters. The van der Waals surface area contributed by atoms with Crippen molar-refractivity contribution in [1.82, 2.24) is 21.3 Å². The number of carbonyl (C=O) groups is 4. The standard InChI is InChI=1S/C16H23N4O7S2/c21-11(4-2-1-3-10-13-9(8-28-10)18-15(24)20-13)17-6-5-16(29(25,26)27)7-12(22)19-14(16)23/h9-10,13H,1-8H2,(H,17,21)(H2,18,20,24)(H,25,26,27)/t9-,10-,13-,16?/m0/s1. The summed E-state index contributed by atoms with van der Waals surface area (Å²) in [5, 5.41) is 11.7. The summed E-state index contributed by atoms with van der Waals surface area (Å²) in [5.41, 5.74) is 0. The maximum Gasteiger partial charge on any atom is 0.315 e. The van der Waals surface area contributed by atoms with Gasteiger partial charge in [-0.15, -0.1) is 0 Å². The lowest BCUT2D eigenvalue weighted by molar-refractivity contribution is -0.126. The Balaban J connectivity index is 1.36. The molecule has 3 saturated heterocycles. The van der Waals surface area contributed by atoms with Gasteiger partial charge in [0.15, 0.2) is 4.75 Å². The third kappa shape index (κ3) is 4.67. The number of amides is 5. The maximum atomic E-state index is 12.0. The van der Waals surface area contributed by atoms with Crippen molar-refractivity contribution >= 4 is 45.6 Å². The number of carbonyl (C=O) groups excluding carboxylic acids is 4. The van der Waals surface area contributed by atoms with Crippen molar-refractivity contribution < 1.29 is 32.1 Å². The van der Waals surface area contributed by atoms with Crippen molar-refractivity contribution in [3.63, 3.8) is 0 Å². The fourth-order valence-electron chi connectivity index (χ4n) is 3.87. The Labute approximate surface area is 172 Å². The van der Waals surface area contributed by atoms with Crippen LogP contribution in [0.25, 0.3) is 0 Å². The van der Waals surface area contributed by atoms with E-state index in [1.807, 2.05) is 0 Å². The molecule has 3 fully saturated rings. The highest BCUT2D eigenvalue weighted by atomic mass is 32.2. The zero-order valence-corrected chi connectivity index (χ0v) is 17.2. The SMILES string of the molecule is O=C1CC(CCNC(=O)CCCC[C@@H]2SC[C@@H]3NC(=O)N[C@@H]32)(S(=O)(=O)O)C(=O)[N]1. The second kappa shape index (κ2) is 8.48. The van der Waals surface area contributed by atoms with Crippen LogP contribution in [-0.4, -0.2) is 71.1 Å². The molecule has 29 heavy (non-hydrogen) atoms. The minimum absolute atomic E-state index is 0.120. The first-order valence-corrected chi connectivity index (χ1v) is 11.8. The molecule has 4 atom stereocenters. The van der Waals surface area contributed by atoms with E-state index >= 15 is 0 Å². The molecule has 0 aliphatic carbocycles. The molecule has 3 heterocycles. The summed E-state index contributed by atoms with van der Waals surface area (Å²) in [5.74, 6) is -1.53. The van der Waals surface area contributed by atoms with Gasteiger partial charge in [0.2, 0.25) is 5.91 Å². The molecule has 0 aromatic heterocycles. The van der Waals surface area contributed by atoms with Crippen LogP contribution >= 0.6 is 11.8 Å². The van der Waals surface area contributed by atoms with Crippen LogP contribution < -0.4 is 21.3 Å². The number of thioether (sulfide) groups is 1. The fraction of sp³-hybridized carbons (Fsp3) is 0.750. The monoisotopic (exact) mass is 447 g/mol. The molecule has 3 aliphatic rings. The highest BCUT2D eigenvalue weighted by molar-refractivity contribution is 8.00. The van der Waals surface area contributed by atoms with Crippen LogP contribution in [0.4, 0.5) is 4.79 Å². The number of unbranched alkanes of at least 4 members (excludes halogenated alkanes) is 1. The van der Waals surface area contributed by atoms with E-state index in [2.05, 4.69) is 21.3 Å². The number of hydrogen-bond donors (Lipinski definition) is 4. The maximum absolute atomic E-state index is 12.0. The summed E-state index contributed by atoms with van der Waals surface area (Å²) in [6.07, 6.45) is 1.38. The van der Waals surface area contributed by atoms with Gasteiger partial charge in [-0.1, -0.05) is 6.42 Å². The second-order valence-electron chi connectivity index (χ2n) is 7.42. The van der Waals surface area contributed by atoms with Crippen molar-refractivity contribution in [3.8, 4) is 0 Å². The number of urea groups is 1. The summed E-state index contributed by atoms with van der Waals surface area (Å²) >= 11 is 1.80. The number of fused-ring (bicyclic) bond motifs is 1. The van der Waals surface area contributed by atoms with E-state index < -0.39 is 39.5 Å². The number of nitrogens with one attached hydrogen (secondary N) is 3. The summed E-state index contributed by atoms with van der Waals surface area (Å²) in [6.45, 7) is -0.174. The van der Waals surface area contributed by atoms with Crippen molar-refractivity contribution in [2.24, 2.45) is 0 Å². The predicted octanol–water partition coefficient (Wildman–Crippen LogP) is -1.09. The molecule has 161 valence electrons. The average Bonchev–Trinajstić information content (AvgIpc) is 3.24. The first-order chi connectivity index (χ1) is 13.6. The lowest BCUT2D eigenvalue weighted by Gasteiger charge is -2.21. The van der Waals surface area contributed by atoms with Gasteiger partial charge in [0, 0.05) is 24.0 Å². The summed E-state index contributed by atoms with van der Waals surface area (Å²) in [6, 6.07) is 0.144. The quantitative estimate of drug-likeness (QED) is 0.149. The van der Waals surface area contributed by atoms with Crippen LogP contribution in [-0.2, 0) is 24.5 Å². The normalized spacial score (nSPS) is 31.2. The van der Waals surface area contributed by atoms with Crippen LogP contribution in [0, 0.1) is 0 Å². The molecular weight excluding hydrogens is 424 g/mol. The smallest absolute Gasteiger partial charge is 0.315 e. The fourth-order valence-corrected chi connectivity index (χ4v) is 6.34. The molecule has 11 nitrogen and oxygen atoms in total. The van der Waals surface area contributed by atoms with Crippen molar-refractivity contribution in [2.45, 2.75) is 60.6 Å². The number of nitrogens with zero attached hydrogens (tertiary/aromatic N) is 1. The van der Waals surface area contributed by atoms with E-state index in [0.717, 1.165) is 18.6 Å². The number of imide groups is 1. The minimum atomic E-state index is -4.84. The summed E-state index contributed by atoms with van der Waals surface area (Å²) in [4.78, 5) is 46.4. The van der Waals surface area contributed by atoms with Gasteiger partial charge >= 0.3 is 6.03 Å². The van der Waals surface area contributed by atoms with Gasteiger partial charge in [-0.05, 0) is 19.3 Å². The summed E-state index contributed by atoms with van der Waals surface area (Å²) < 4.78 is 30.3. The van der Waals surface area contributed by atoms with Crippen LogP contribution in [0.2, 0.25) is 0 Å². The zero-order chi connectivity index (χ0) is 21.2. The molecule has 0 saturated carbocycles. The molecule has 0 aromatic rings. The lowest BCUT2D eigenvalue weighted by atomic mass is 10.0. The third-order valence-corrected chi connectivity index (χ3v) is 8.50. The molecular formula is C16H23N4O7S2. The van der Waals surface area contributed by atoms with Gasteiger partial charge in [-0.25, -0.2) is 4.79 Å². The predicted molar refractivity (Wildman–Crippen MR) is 103 cm³/mol. The number of hydrogen-bond acceptors (Lipinski definition) is 7. The average molecular weight is 448 g/mol. The van der Waals surface area contributed by atoms with Crippen LogP contribution in [0.3, 0.4) is 0 Å². The van der Waals surface area contributed by atoms with Gasteiger partial charge in [0.05, 0.1) is 18.5 Å². The highest BCUT2D eigenvalue weighted by Crippen LogP contribution is 2.33. The van der Waals surface area contributed by atoms with Gasteiger partial charge < -0.3 is 16.0 Å². The Bertz CT molecular complexity index is 818. The molecule has 1 radical (unpaired) electrons. The van der Waals surface area contributed by atoms with Gasteiger partial charge in [-0.3, -0.25) is 18.9 Å². The molecule has 5 amide bonds.